The number of piperidine rings is 1. The number of rotatable bonds is 11. The van der Waals surface area contributed by atoms with Gasteiger partial charge in [-0.1, -0.05) is 6.42 Å². The highest BCUT2D eigenvalue weighted by molar-refractivity contribution is 7.89. The number of methoxy groups -OCH3 is 1. The average Bonchev–Trinajstić information content (AvgIpc) is 2.72. The van der Waals surface area contributed by atoms with E-state index >= 15 is 0 Å². The molecule has 0 saturated carbocycles. The second kappa shape index (κ2) is 11.5. The number of carbonyl (C=O) groups is 1. The lowest BCUT2D eigenvalue weighted by molar-refractivity contribution is -0.121. The first-order valence-corrected chi connectivity index (χ1v) is 11.8. The van der Waals surface area contributed by atoms with Crippen LogP contribution in [0, 0.1) is 0 Å². The summed E-state index contributed by atoms with van der Waals surface area (Å²) >= 11 is 0. The summed E-state index contributed by atoms with van der Waals surface area (Å²) in [6, 6.07) is 4.90. The van der Waals surface area contributed by atoms with Gasteiger partial charge in [-0.15, -0.1) is 0 Å². The molecule has 1 N–H and O–H groups in total. The molecule has 1 aromatic carbocycles. The number of aryl methyl sites for hydroxylation is 1. The highest BCUT2D eigenvalue weighted by atomic mass is 32.2. The number of hydrogen-bond acceptors (Lipinski definition) is 5. The molecule has 164 valence electrons. The maximum Gasteiger partial charge on any atom is 0.243 e. The van der Waals surface area contributed by atoms with E-state index in [-0.39, 0.29) is 23.3 Å². The van der Waals surface area contributed by atoms with Crippen molar-refractivity contribution in [1.29, 1.82) is 0 Å². The van der Waals surface area contributed by atoms with Crippen molar-refractivity contribution in [2.45, 2.75) is 63.4 Å². The highest BCUT2D eigenvalue weighted by Crippen LogP contribution is 2.27. The Balaban J connectivity index is 1.95. The second-order valence-electron chi connectivity index (χ2n) is 7.56. The van der Waals surface area contributed by atoms with E-state index < -0.39 is 10.0 Å². The topological polar surface area (TPSA) is 84.9 Å². The fourth-order valence-electron chi connectivity index (χ4n) is 3.32. The van der Waals surface area contributed by atoms with Crippen LogP contribution in [0.2, 0.25) is 0 Å². The molecule has 0 spiro atoms. The molecule has 1 aromatic rings. The van der Waals surface area contributed by atoms with E-state index in [1.54, 1.807) is 29.6 Å². The van der Waals surface area contributed by atoms with Crippen molar-refractivity contribution in [1.82, 2.24) is 9.62 Å². The van der Waals surface area contributed by atoms with Gasteiger partial charge in [0.2, 0.25) is 15.9 Å². The van der Waals surface area contributed by atoms with Crippen LogP contribution in [-0.2, 0) is 26.0 Å². The minimum Gasteiger partial charge on any atom is -0.496 e. The summed E-state index contributed by atoms with van der Waals surface area (Å²) in [4.78, 5) is 12.4. The molecule has 0 radical (unpaired) electrons. The first-order valence-electron chi connectivity index (χ1n) is 10.4. The fourth-order valence-corrected chi connectivity index (χ4v) is 4.89. The minimum absolute atomic E-state index is 0.0686. The van der Waals surface area contributed by atoms with Crippen LogP contribution in [0.4, 0.5) is 0 Å². The van der Waals surface area contributed by atoms with Crippen molar-refractivity contribution in [2.24, 2.45) is 0 Å². The number of benzene rings is 1. The largest absolute Gasteiger partial charge is 0.496 e. The molecule has 1 fully saturated rings. The van der Waals surface area contributed by atoms with Gasteiger partial charge < -0.3 is 14.8 Å². The molecule has 1 heterocycles. The Morgan fingerprint density at radius 2 is 1.93 bits per heavy atom. The van der Waals surface area contributed by atoms with E-state index in [2.05, 4.69) is 5.32 Å². The van der Waals surface area contributed by atoms with Gasteiger partial charge in [0, 0.05) is 32.7 Å². The predicted molar refractivity (Wildman–Crippen MR) is 113 cm³/mol. The summed E-state index contributed by atoms with van der Waals surface area (Å²) in [6.07, 6.45) is 4.49. The van der Waals surface area contributed by atoms with Crippen molar-refractivity contribution >= 4 is 15.9 Å². The summed E-state index contributed by atoms with van der Waals surface area (Å²) in [5.41, 5.74) is 0.726. The molecule has 29 heavy (non-hydrogen) atoms. The van der Waals surface area contributed by atoms with Crippen LogP contribution < -0.4 is 10.1 Å². The van der Waals surface area contributed by atoms with Crippen molar-refractivity contribution in [3.8, 4) is 5.75 Å². The Morgan fingerprint density at radius 1 is 1.21 bits per heavy atom. The van der Waals surface area contributed by atoms with Crippen molar-refractivity contribution in [2.75, 3.05) is 33.4 Å². The predicted octanol–water partition coefficient (Wildman–Crippen LogP) is 2.73. The smallest absolute Gasteiger partial charge is 0.243 e. The van der Waals surface area contributed by atoms with Crippen LogP contribution in [0.15, 0.2) is 23.1 Å². The molecule has 0 atom stereocenters. The molecule has 7 nitrogen and oxygen atoms in total. The van der Waals surface area contributed by atoms with E-state index in [0.717, 1.165) is 31.2 Å². The molecular formula is C21H34N2O5S. The molecule has 2 rings (SSSR count). The third-order valence-corrected chi connectivity index (χ3v) is 6.82. The third kappa shape index (κ3) is 7.28. The maximum atomic E-state index is 12.9. The maximum absolute atomic E-state index is 12.9. The molecule has 1 aliphatic rings. The van der Waals surface area contributed by atoms with Gasteiger partial charge in [0.05, 0.1) is 18.1 Å². The Labute approximate surface area is 174 Å². The van der Waals surface area contributed by atoms with Crippen LogP contribution in [0.1, 0.15) is 51.5 Å². The first kappa shape index (κ1) is 23.6. The summed E-state index contributed by atoms with van der Waals surface area (Å²) < 4.78 is 38.2. The van der Waals surface area contributed by atoms with Gasteiger partial charge in [-0.25, -0.2) is 8.42 Å². The highest BCUT2D eigenvalue weighted by Gasteiger charge is 2.26. The van der Waals surface area contributed by atoms with E-state index in [0.29, 0.717) is 38.4 Å². The Bertz CT molecular complexity index is 758. The van der Waals surface area contributed by atoms with E-state index in [9.17, 15) is 13.2 Å². The van der Waals surface area contributed by atoms with Crippen LogP contribution in [-0.4, -0.2) is 58.1 Å². The standard InChI is InChI=1S/C21H34N2O5S/c1-17(2)28-15-7-12-22-21(24)11-8-18-16-19(9-10-20(18)27-3)29(25,26)23-13-5-4-6-14-23/h9-10,16-17H,4-8,11-15H2,1-3H3,(H,22,24). The Kier molecular flexibility index (Phi) is 9.39. The summed E-state index contributed by atoms with van der Waals surface area (Å²) in [7, 11) is -1.96. The molecule has 0 bridgehead atoms. The van der Waals surface area contributed by atoms with E-state index in [4.69, 9.17) is 9.47 Å². The third-order valence-electron chi connectivity index (χ3n) is 4.92. The molecule has 8 heteroatoms. The van der Waals surface area contributed by atoms with Crippen LogP contribution in [0.25, 0.3) is 0 Å². The molecule has 0 aromatic heterocycles. The molecule has 1 aliphatic heterocycles. The van der Waals surface area contributed by atoms with E-state index in [1.165, 1.54) is 0 Å². The number of amides is 1. The van der Waals surface area contributed by atoms with Crippen LogP contribution in [0.5, 0.6) is 5.75 Å². The molecule has 1 saturated heterocycles. The second-order valence-corrected chi connectivity index (χ2v) is 9.50. The zero-order chi connectivity index (χ0) is 21.3. The summed E-state index contributed by atoms with van der Waals surface area (Å²) in [6.45, 7) is 6.25. The van der Waals surface area contributed by atoms with Gasteiger partial charge in [0.25, 0.3) is 0 Å². The van der Waals surface area contributed by atoms with Gasteiger partial charge in [-0.3, -0.25) is 4.79 Å². The minimum atomic E-state index is -3.51. The monoisotopic (exact) mass is 426 g/mol. The van der Waals surface area contributed by atoms with Crippen LogP contribution in [0.3, 0.4) is 0 Å². The number of carbonyl (C=O) groups excluding carboxylic acids is 1. The molecule has 1 amide bonds. The lowest BCUT2D eigenvalue weighted by atomic mass is 10.1. The van der Waals surface area contributed by atoms with Gasteiger partial charge in [-0.2, -0.15) is 4.31 Å². The summed E-state index contributed by atoms with van der Waals surface area (Å²) in [5.74, 6) is 0.529. The molecule has 0 aliphatic carbocycles. The SMILES string of the molecule is COc1ccc(S(=O)(=O)N2CCCCC2)cc1CCC(=O)NCCCOC(C)C. The lowest BCUT2D eigenvalue weighted by Crippen LogP contribution is -2.35. The van der Waals surface area contributed by atoms with Gasteiger partial charge >= 0.3 is 0 Å². The van der Waals surface area contributed by atoms with Crippen molar-refractivity contribution in [3.05, 3.63) is 23.8 Å². The van der Waals surface area contributed by atoms with Crippen molar-refractivity contribution < 1.29 is 22.7 Å². The molecular weight excluding hydrogens is 392 g/mol. The average molecular weight is 427 g/mol. The van der Waals surface area contributed by atoms with Crippen LogP contribution >= 0.6 is 0 Å². The van der Waals surface area contributed by atoms with Gasteiger partial charge in [-0.05, 0) is 63.3 Å². The number of nitrogens with one attached hydrogen (secondary N) is 1. The lowest BCUT2D eigenvalue weighted by Gasteiger charge is -2.26. The fraction of sp³-hybridized carbons (Fsp3) is 0.667. The van der Waals surface area contributed by atoms with Gasteiger partial charge in [0.15, 0.2) is 0 Å². The van der Waals surface area contributed by atoms with Gasteiger partial charge in [0.1, 0.15) is 5.75 Å². The molecule has 0 unspecified atom stereocenters. The number of sulfonamides is 1. The number of hydrogen-bond donors (Lipinski definition) is 1. The number of nitrogens with zero attached hydrogens (tertiary/aromatic N) is 1. The Morgan fingerprint density at radius 3 is 2.59 bits per heavy atom. The summed E-state index contributed by atoms with van der Waals surface area (Å²) in [5, 5.41) is 2.87. The zero-order valence-electron chi connectivity index (χ0n) is 17.8. The Hall–Kier alpha value is -1.64. The van der Waals surface area contributed by atoms with Crippen molar-refractivity contribution in [3.63, 3.8) is 0 Å². The number of ether oxygens (including phenoxy) is 2. The zero-order valence-corrected chi connectivity index (χ0v) is 18.6. The quantitative estimate of drug-likeness (QED) is 0.550. The normalized spacial score (nSPS) is 15.4. The van der Waals surface area contributed by atoms with E-state index in [1.807, 2.05) is 13.8 Å². The first-order chi connectivity index (χ1) is 13.8.